The smallest absolute Gasteiger partial charge is 0.270 e. The van der Waals surface area contributed by atoms with Gasteiger partial charge in [-0.2, -0.15) is 0 Å². The second-order valence-electron chi connectivity index (χ2n) is 7.45. The Morgan fingerprint density at radius 2 is 2.04 bits per heavy atom. The fourth-order valence-corrected chi connectivity index (χ4v) is 4.40. The lowest BCUT2D eigenvalue weighted by Gasteiger charge is -2.36. The van der Waals surface area contributed by atoms with Crippen molar-refractivity contribution in [3.8, 4) is 5.75 Å². The molecule has 0 radical (unpaired) electrons. The highest BCUT2D eigenvalue weighted by molar-refractivity contribution is 9.10. The summed E-state index contributed by atoms with van der Waals surface area (Å²) in [5.41, 5.74) is 1.43. The largest absolute Gasteiger partial charge is 0.490 e. The molecule has 3 heterocycles. The zero-order valence-corrected chi connectivity index (χ0v) is 17.0. The third-order valence-electron chi connectivity index (χ3n) is 5.67. The van der Waals surface area contributed by atoms with E-state index in [0.29, 0.717) is 24.3 Å². The van der Waals surface area contributed by atoms with E-state index in [1.807, 2.05) is 30.3 Å². The quantitative estimate of drug-likeness (QED) is 0.785. The van der Waals surface area contributed by atoms with Gasteiger partial charge in [0.15, 0.2) is 0 Å². The lowest BCUT2D eigenvalue weighted by Crippen LogP contribution is -2.43. The van der Waals surface area contributed by atoms with Crippen LogP contribution < -0.4 is 10.1 Å². The molecule has 3 atom stereocenters. The number of amides is 1. The van der Waals surface area contributed by atoms with Crippen molar-refractivity contribution in [2.45, 2.75) is 50.4 Å². The van der Waals surface area contributed by atoms with E-state index in [-0.39, 0.29) is 12.0 Å². The summed E-state index contributed by atoms with van der Waals surface area (Å²) in [5, 5.41) is 2.92. The Morgan fingerprint density at radius 1 is 1.26 bits per heavy atom. The average molecular weight is 430 g/mol. The van der Waals surface area contributed by atoms with Crippen molar-refractivity contribution in [2.24, 2.45) is 0 Å². The van der Waals surface area contributed by atoms with Crippen molar-refractivity contribution < 1.29 is 9.53 Å². The monoisotopic (exact) mass is 429 g/mol. The van der Waals surface area contributed by atoms with Gasteiger partial charge in [0.2, 0.25) is 0 Å². The van der Waals surface area contributed by atoms with Gasteiger partial charge in [-0.3, -0.25) is 4.79 Å². The molecule has 5 nitrogen and oxygen atoms in total. The number of rotatable bonds is 5. The van der Waals surface area contributed by atoms with Crippen molar-refractivity contribution in [2.75, 3.05) is 7.05 Å². The minimum atomic E-state index is -0.180. The molecule has 6 heteroatoms. The molecule has 142 valence electrons. The number of carbonyl (C=O) groups is 1. The highest BCUT2D eigenvalue weighted by Gasteiger charge is 2.39. The van der Waals surface area contributed by atoms with Crippen LogP contribution in [0.25, 0.3) is 0 Å². The summed E-state index contributed by atoms with van der Waals surface area (Å²) >= 11 is 3.32. The number of piperidine rings is 1. The second-order valence-corrected chi connectivity index (χ2v) is 8.37. The summed E-state index contributed by atoms with van der Waals surface area (Å²) < 4.78 is 7.13. The third-order valence-corrected chi connectivity index (χ3v) is 6.14. The summed E-state index contributed by atoms with van der Waals surface area (Å²) in [6.45, 7) is 0.451. The molecule has 2 aromatic rings. The number of halogens is 1. The van der Waals surface area contributed by atoms with Crippen molar-refractivity contribution in [3.05, 3.63) is 58.3 Å². The van der Waals surface area contributed by atoms with Crippen LogP contribution in [0, 0.1) is 0 Å². The van der Waals surface area contributed by atoms with Gasteiger partial charge in [0.1, 0.15) is 17.5 Å². The molecule has 4 rings (SSSR count). The maximum atomic E-state index is 12.2. The van der Waals surface area contributed by atoms with Crippen LogP contribution in [0.1, 0.15) is 41.7 Å². The molecule has 2 saturated heterocycles. The highest BCUT2D eigenvalue weighted by atomic mass is 79.9. The minimum absolute atomic E-state index is 0.180. The number of fused-ring (bicyclic) bond motifs is 2. The number of benzene rings is 1. The van der Waals surface area contributed by atoms with E-state index in [4.69, 9.17) is 4.74 Å². The molecule has 1 unspecified atom stereocenters. The Labute approximate surface area is 168 Å². The number of ether oxygens (including phenoxy) is 1. The van der Waals surface area contributed by atoms with Gasteiger partial charge in [-0.15, -0.1) is 0 Å². The van der Waals surface area contributed by atoms with Gasteiger partial charge in [-0.1, -0.05) is 12.1 Å². The molecule has 1 amide bonds. The molecule has 0 saturated carbocycles. The maximum absolute atomic E-state index is 12.2. The summed E-state index contributed by atoms with van der Waals surface area (Å²) in [4.78, 5) is 18.9. The molecular weight excluding hydrogens is 406 g/mol. The molecule has 27 heavy (non-hydrogen) atoms. The first kappa shape index (κ1) is 18.4. The summed E-state index contributed by atoms with van der Waals surface area (Å²) in [5.74, 6) is 0.707. The Balaban J connectivity index is 1.34. The number of hydrogen-bond acceptors (Lipinski definition) is 4. The van der Waals surface area contributed by atoms with Crippen molar-refractivity contribution in [1.82, 2.24) is 15.2 Å². The molecule has 1 N–H and O–H groups in total. The normalized spacial score (nSPS) is 24.6. The Kier molecular flexibility index (Phi) is 5.45. The van der Waals surface area contributed by atoms with Gasteiger partial charge >= 0.3 is 0 Å². The Bertz CT molecular complexity index is 797. The van der Waals surface area contributed by atoms with E-state index >= 15 is 0 Å². The van der Waals surface area contributed by atoms with E-state index in [1.54, 1.807) is 12.3 Å². The van der Waals surface area contributed by atoms with Gasteiger partial charge in [0, 0.05) is 29.3 Å². The summed E-state index contributed by atoms with van der Waals surface area (Å²) in [6.07, 6.45) is 6.69. The zero-order chi connectivity index (χ0) is 18.8. The first-order valence-corrected chi connectivity index (χ1v) is 10.2. The number of nitrogens with one attached hydrogen (secondary N) is 1. The number of carbonyl (C=O) groups excluding carboxylic acids is 1. The molecule has 2 aliphatic rings. The average Bonchev–Trinajstić information content (AvgIpc) is 2.88. The first-order valence-electron chi connectivity index (χ1n) is 9.46. The van der Waals surface area contributed by atoms with E-state index in [0.717, 1.165) is 28.6 Å². The number of nitrogens with zero attached hydrogens (tertiary/aromatic N) is 2. The number of aromatic nitrogens is 1. The van der Waals surface area contributed by atoms with Crippen LogP contribution in [-0.2, 0) is 6.54 Å². The molecule has 1 aromatic carbocycles. The van der Waals surface area contributed by atoms with Gasteiger partial charge in [0.25, 0.3) is 5.91 Å². The fraction of sp³-hybridized carbons (Fsp3) is 0.429. The van der Waals surface area contributed by atoms with Crippen molar-refractivity contribution >= 4 is 21.8 Å². The summed E-state index contributed by atoms with van der Waals surface area (Å²) in [7, 11) is 2.24. The topological polar surface area (TPSA) is 54.5 Å². The van der Waals surface area contributed by atoms with Crippen LogP contribution in [0.4, 0.5) is 0 Å². The van der Waals surface area contributed by atoms with Crippen LogP contribution >= 0.6 is 15.9 Å². The Hall–Kier alpha value is -1.92. The Morgan fingerprint density at radius 3 is 2.74 bits per heavy atom. The predicted molar refractivity (Wildman–Crippen MR) is 108 cm³/mol. The van der Waals surface area contributed by atoms with Gasteiger partial charge < -0.3 is 15.0 Å². The van der Waals surface area contributed by atoms with E-state index < -0.39 is 0 Å². The highest BCUT2D eigenvalue weighted by Crippen LogP contribution is 2.36. The lowest BCUT2D eigenvalue weighted by atomic mass is 10.0. The molecule has 1 aromatic heterocycles. The predicted octanol–water partition coefficient (Wildman–Crippen LogP) is 3.78. The number of hydrogen-bond donors (Lipinski definition) is 1. The van der Waals surface area contributed by atoms with Crippen molar-refractivity contribution in [1.29, 1.82) is 0 Å². The van der Waals surface area contributed by atoms with E-state index in [1.165, 1.54) is 12.8 Å². The fourth-order valence-electron chi connectivity index (χ4n) is 4.16. The molecule has 0 spiro atoms. The molecule has 2 bridgehead atoms. The minimum Gasteiger partial charge on any atom is -0.490 e. The van der Waals surface area contributed by atoms with Crippen LogP contribution in [0.2, 0.25) is 0 Å². The van der Waals surface area contributed by atoms with Crippen LogP contribution in [0.3, 0.4) is 0 Å². The van der Waals surface area contributed by atoms with Crippen LogP contribution in [0.15, 0.2) is 47.1 Å². The van der Waals surface area contributed by atoms with Crippen LogP contribution in [-0.4, -0.2) is 41.0 Å². The van der Waals surface area contributed by atoms with E-state index in [9.17, 15) is 4.79 Å². The number of pyridine rings is 1. The van der Waals surface area contributed by atoms with E-state index in [2.05, 4.69) is 38.2 Å². The van der Waals surface area contributed by atoms with Gasteiger partial charge in [-0.25, -0.2) is 4.98 Å². The maximum Gasteiger partial charge on any atom is 0.270 e. The van der Waals surface area contributed by atoms with Crippen LogP contribution in [0.5, 0.6) is 5.75 Å². The van der Waals surface area contributed by atoms with Gasteiger partial charge in [-0.05, 0) is 78.5 Å². The SMILES string of the molecule is CN1[C@@H]2CC[C@H]1CC(Oc1cccc(CNC(=O)c3ccc(Br)cn3)c1)C2. The van der Waals surface area contributed by atoms with Gasteiger partial charge in [0.05, 0.1) is 0 Å². The van der Waals surface area contributed by atoms with Crippen molar-refractivity contribution in [3.63, 3.8) is 0 Å². The molecule has 0 aliphatic carbocycles. The lowest BCUT2D eigenvalue weighted by molar-refractivity contribution is 0.0661. The summed E-state index contributed by atoms with van der Waals surface area (Å²) in [6, 6.07) is 12.8. The first-order chi connectivity index (χ1) is 13.1. The second kappa shape index (κ2) is 7.98. The third kappa shape index (κ3) is 4.33. The molecule has 2 fully saturated rings. The molecular formula is C21H24BrN3O2. The molecule has 2 aliphatic heterocycles. The zero-order valence-electron chi connectivity index (χ0n) is 15.4. The standard InChI is InChI=1S/C21H24BrN3O2/c1-25-16-6-7-17(25)11-19(10-16)27-18-4-2-3-14(9-18)12-24-21(26)20-8-5-15(22)13-23-20/h2-5,8-9,13,16-17,19H,6-7,10-12H2,1H3,(H,24,26)/t16-,17+,19?.